The van der Waals surface area contributed by atoms with E-state index in [1.165, 1.54) is 12.8 Å². The van der Waals surface area contributed by atoms with Gasteiger partial charge in [-0.25, -0.2) is 4.98 Å². The molecule has 2 aromatic rings. The number of nitrogens with one attached hydrogen (secondary N) is 1. The number of fused-ring (bicyclic) bond motifs is 1. The highest BCUT2D eigenvalue weighted by atomic mass is 16.5. The number of nitrogens with zero attached hydrogens (tertiary/aromatic N) is 2. The van der Waals surface area contributed by atoms with Crippen LogP contribution < -0.4 is 10.1 Å². The first-order valence-electron chi connectivity index (χ1n) is 11.5. The van der Waals surface area contributed by atoms with E-state index in [-0.39, 0.29) is 30.3 Å². The lowest BCUT2D eigenvalue weighted by molar-refractivity contribution is -0.145. The molecule has 0 aliphatic heterocycles. The molecule has 7 heteroatoms. The van der Waals surface area contributed by atoms with Gasteiger partial charge in [0.1, 0.15) is 5.69 Å². The molecule has 0 saturated heterocycles. The van der Waals surface area contributed by atoms with Crippen LogP contribution in [0, 0.1) is 18.8 Å². The van der Waals surface area contributed by atoms with Crippen molar-refractivity contribution in [3.05, 3.63) is 29.7 Å². The fourth-order valence-corrected chi connectivity index (χ4v) is 4.31. The van der Waals surface area contributed by atoms with Crippen LogP contribution in [0.4, 0.5) is 0 Å². The van der Waals surface area contributed by atoms with Crippen molar-refractivity contribution in [1.82, 2.24) is 14.7 Å². The van der Waals surface area contributed by atoms with Gasteiger partial charge < -0.3 is 14.8 Å². The Morgan fingerprint density at radius 3 is 2.71 bits per heavy atom. The van der Waals surface area contributed by atoms with Crippen molar-refractivity contribution in [2.75, 3.05) is 13.2 Å². The topological polar surface area (TPSA) is 81.9 Å². The molecule has 2 heterocycles. The van der Waals surface area contributed by atoms with Gasteiger partial charge in [0.15, 0.2) is 11.4 Å². The third-order valence-corrected chi connectivity index (χ3v) is 5.72. The Labute approximate surface area is 184 Å². The Kier molecular flexibility index (Phi) is 7.93. The smallest absolute Gasteiger partial charge is 0.307 e. The number of imidazole rings is 1. The maximum absolute atomic E-state index is 13.3. The fraction of sp³-hybridized carbons (Fsp3) is 0.625. The summed E-state index contributed by atoms with van der Waals surface area (Å²) >= 11 is 0. The van der Waals surface area contributed by atoms with Crippen LogP contribution in [0.1, 0.15) is 75.5 Å². The number of hydrogen-bond donors (Lipinski definition) is 1. The van der Waals surface area contributed by atoms with Crippen LogP contribution in [0.5, 0.6) is 5.75 Å². The van der Waals surface area contributed by atoms with E-state index in [0.717, 1.165) is 19.3 Å². The van der Waals surface area contributed by atoms with E-state index < -0.39 is 0 Å². The van der Waals surface area contributed by atoms with Crippen molar-refractivity contribution in [2.45, 2.75) is 72.3 Å². The van der Waals surface area contributed by atoms with Gasteiger partial charge in [0.2, 0.25) is 0 Å². The molecular formula is C24H35N3O4. The minimum absolute atomic E-state index is 0.189. The van der Waals surface area contributed by atoms with E-state index in [9.17, 15) is 9.59 Å². The summed E-state index contributed by atoms with van der Waals surface area (Å²) in [5, 5.41) is 3.11. The second-order valence-corrected chi connectivity index (χ2v) is 8.88. The number of carbonyl (C=O) groups excluding carboxylic acids is 2. The molecule has 7 nitrogen and oxygen atoms in total. The van der Waals surface area contributed by atoms with Gasteiger partial charge in [0.05, 0.1) is 25.3 Å². The summed E-state index contributed by atoms with van der Waals surface area (Å²) in [7, 11) is 0. The van der Waals surface area contributed by atoms with E-state index in [1.54, 1.807) is 4.40 Å². The molecule has 0 radical (unpaired) electrons. The lowest BCUT2D eigenvalue weighted by Gasteiger charge is -2.22. The number of aryl methyl sites for hydroxylation is 1. The summed E-state index contributed by atoms with van der Waals surface area (Å²) in [4.78, 5) is 30.2. The zero-order chi connectivity index (χ0) is 22.4. The number of amides is 1. The molecule has 1 atom stereocenters. The maximum atomic E-state index is 13.3. The highest BCUT2D eigenvalue weighted by Crippen LogP contribution is 2.29. The molecule has 1 aliphatic rings. The van der Waals surface area contributed by atoms with Crippen molar-refractivity contribution in [2.24, 2.45) is 11.8 Å². The average molecular weight is 430 g/mol. The van der Waals surface area contributed by atoms with Gasteiger partial charge in [-0.3, -0.25) is 14.0 Å². The lowest BCUT2D eigenvalue weighted by Crippen LogP contribution is -2.39. The molecule has 1 aliphatic carbocycles. The summed E-state index contributed by atoms with van der Waals surface area (Å²) in [5.41, 5.74) is 1.73. The summed E-state index contributed by atoms with van der Waals surface area (Å²) < 4.78 is 12.8. The van der Waals surface area contributed by atoms with E-state index in [1.807, 2.05) is 46.0 Å². The molecule has 170 valence electrons. The molecular weight excluding hydrogens is 394 g/mol. The Bertz CT molecular complexity index is 900. The van der Waals surface area contributed by atoms with Crippen LogP contribution in [0.15, 0.2) is 18.3 Å². The number of rotatable bonds is 10. The average Bonchev–Trinajstić information content (AvgIpc) is 3.33. The minimum Gasteiger partial charge on any atom is -0.490 e. The van der Waals surface area contributed by atoms with Crippen molar-refractivity contribution in [3.8, 4) is 5.75 Å². The van der Waals surface area contributed by atoms with Gasteiger partial charge >= 0.3 is 5.97 Å². The second-order valence-electron chi connectivity index (χ2n) is 8.88. The van der Waals surface area contributed by atoms with Crippen molar-refractivity contribution >= 4 is 17.5 Å². The second kappa shape index (κ2) is 10.6. The first-order chi connectivity index (χ1) is 14.9. The zero-order valence-corrected chi connectivity index (χ0v) is 19.1. The first-order valence-corrected chi connectivity index (χ1v) is 11.5. The van der Waals surface area contributed by atoms with Crippen LogP contribution >= 0.6 is 0 Å². The van der Waals surface area contributed by atoms with Gasteiger partial charge in [0.25, 0.3) is 5.91 Å². The molecule has 0 spiro atoms. The summed E-state index contributed by atoms with van der Waals surface area (Å²) in [6.07, 6.45) is 7.54. The number of pyridine rings is 1. The molecule has 0 bridgehead atoms. The quantitative estimate of drug-likeness (QED) is 0.569. The molecule has 0 unspecified atom stereocenters. The van der Waals surface area contributed by atoms with Gasteiger partial charge in [-0.15, -0.1) is 0 Å². The molecule has 3 rings (SSSR count). The third-order valence-electron chi connectivity index (χ3n) is 5.72. The fourth-order valence-electron chi connectivity index (χ4n) is 4.31. The minimum atomic E-state index is -0.259. The Balaban J connectivity index is 1.78. The highest BCUT2D eigenvalue weighted by Gasteiger charge is 2.27. The summed E-state index contributed by atoms with van der Waals surface area (Å²) in [6.45, 7) is 8.67. The van der Waals surface area contributed by atoms with E-state index in [0.29, 0.717) is 41.9 Å². The van der Waals surface area contributed by atoms with E-state index in [2.05, 4.69) is 10.3 Å². The van der Waals surface area contributed by atoms with Crippen molar-refractivity contribution in [3.63, 3.8) is 0 Å². The largest absolute Gasteiger partial charge is 0.490 e. The molecule has 1 amide bonds. The summed E-state index contributed by atoms with van der Waals surface area (Å²) in [6, 6.07) is 3.44. The predicted octanol–water partition coefficient (Wildman–Crippen LogP) is 4.31. The van der Waals surface area contributed by atoms with Crippen LogP contribution in [0.2, 0.25) is 0 Å². The maximum Gasteiger partial charge on any atom is 0.307 e. The first kappa shape index (κ1) is 23.1. The van der Waals surface area contributed by atoms with Gasteiger partial charge in [-0.05, 0) is 44.2 Å². The number of ether oxygens (including phenoxy) is 2. The monoisotopic (exact) mass is 429 g/mol. The predicted molar refractivity (Wildman–Crippen MR) is 119 cm³/mol. The Morgan fingerprint density at radius 2 is 2.03 bits per heavy atom. The highest BCUT2D eigenvalue weighted by molar-refractivity contribution is 5.95. The molecule has 2 aromatic heterocycles. The van der Waals surface area contributed by atoms with Gasteiger partial charge in [0, 0.05) is 12.2 Å². The SMILES string of the molecule is CCOc1cccn2c(C(=O)N[C@H](CC(=O)OCC(C)C)CC3CCCC3)c(C)nc12. The molecule has 0 aromatic carbocycles. The van der Waals surface area contributed by atoms with Crippen LogP contribution in [0.25, 0.3) is 5.65 Å². The number of aromatic nitrogens is 2. The Hall–Kier alpha value is -2.57. The molecule has 1 N–H and O–H groups in total. The lowest BCUT2D eigenvalue weighted by atomic mass is 9.96. The number of esters is 1. The molecule has 1 fully saturated rings. The van der Waals surface area contributed by atoms with Gasteiger partial charge in [-0.1, -0.05) is 39.5 Å². The summed E-state index contributed by atoms with van der Waals surface area (Å²) in [5.74, 6) is 0.985. The van der Waals surface area contributed by atoms with Crippen LogP contribution in [-0.4, -0.2) is 40.5 Å². The third kappa shape index (κ3) is 5.99. The van der Waals surface area contributed by atoms with Crippen LogP contribution in [-0.2, 0) is 9.53 Å². The Morgan fingerprint density at radius 1 is 1.29 bits per heavy atom. The van der Waals surface area contributed by atoms with Crippen molar-refractivity contribution < 1.29 is 19.1 Å². The number of carbonyl (C=O) groups is 2. The molecule has 1 saturated carbocycles. The van der Waals surface area contributed by atoms with Gasteiger partial charge in [-0.2, -0.15) is 0 Å². The normalized spacial score (nSPS) is 15.4. The van der Waals surface area contributed by atoms with E-state index in [4.69, 9.17) is 9.47 Å². The molecule has 31 heavy (non-hydrogen) atoms. The number of hydrogen-bond acceptors (Lipinski definition) is 5. The standard InChI is InChI=1S/C24H35N3O4/c1-5-30-20-11-8-12-27-22(17(4)25-23(20)27)24(29)26-19(13-18-9-6-7-10-18)14-21(28)31-15-16(2)3/h8,11-12,16,18-19H,5-7,9-10,13-15H2,1-4H3,(H,26,29)/t19-/m0/s1. The van der Waals surface area contributed by atoms with Crippen LogP contribution in [0.3, 0.4) is 0 Å². The van der Waals surface area contributed by atoms with Crippen molar-refractivity contribution in [1.29, 1.82) is 0 Å². The zero-order valence-electron chi connectivity index (χ0n) is 19.1. The van der Waals surface area contributed by atoms with E-state index >= 15 is 0 Å².